The predicted octanol–water partition coefficient (Wildman–Crippen LogP) is -2.09. The number of aliphatic hydroxyl groups is 2. The number of nitrogens with zero attached hydrogens (tertiary/aromatic N) is 1. The summed E-state index contributed by atoms with van der Waals surface area (Å²) in [5, 5.41) is 33.9. The topological polar surface area (TPSA) is 127 Å². The highest BCUT2D eigenvalue weighted by atomic mass is 16.5. The molecule has 7 heteroatoms. The molecule has 0 aromatic heterocycles. The molecule has 0 saturated heterocycles. The van der Waals surface area contributed by atoms with Gasteiger partial charge >= 0.3 is 11.9 Å². The van der Waals surface area contributed by atoms with E-state index in [0.717, 1.165) is 0 Å². The van der Waals surface area contributed by atoms with Crippen LogP contribution >= 0.6 is 0 Å². The molecule has 0 saturated carbocycles. The molecule has 0 heterocycles. The Labute approximate surface area is 66.6 Å². The molecule has 68 valence electrons. The normalized spacial score (nSPS) is 17.5. The Hall–Kier alpha value is -1.47. The van der Waals surface area contributed by atoms with Gasteiger partial charge in [-0.15, -0.1) is 0 Å². The summed E-state index contributed by atoms with van der Waals surface area (Å²) in [7, 11) is 0. The van der Waals surface area contributed by atoms with Crippen LogP contribution in [0.4, 0.5) is 0 Å². The van der Waals surface area contributed by atoms with Gasteiger partial charge in [-0.2, -0.15) is 0 Å². The van der Waals surface area contributed by atoms with Gasteiger partial charge in [0.25, 0.3) is 5.72 Å². The fourth-order valence-corrected chi connectivity index (χ4v) is 0.443. The summed E-state index contributed by atoms with van der Waals surface area (Å²) in [4.78, 5) is 22.9. The Balaban J connectivity index is 4.87. The van der Waals surface area contributed by atoms with Gasteiger partial charge in [0.2, 0.25) is 6.10 Å². The summed E-state index contributed by atoms with van der Waals surface area (Å²) in [6, 6.07) is 0. The minimum Gasteiger partial charge on any atom is -0.479 e. The van der Waals surface area contributed by atoms with Gasteiger partial charge in [0, 0.05) is 0 Å². The highest BCUT2D eigenvalue weighted by molar-refractivity contribution is 5.87. The second-order valence-electron chi connectivity index (χ2n) is 1.93. The second kappa shape index (κ2) is 3.28. The van der Waals surface area contributed by atoms with Crippen molar-refractivity contribution in [2.75, 3.05) is 0 Å². The number of carboxylic acids is 2. The van der Waals surface area contributed by atoms with Crippen LogP contribution in [0.3, 0.4) is 0 Å². The van der Waals surface area contributed by atoms with E-state index in [-0.39, 0.29) is 0 Å². The highest BCUT2D eigenvalue weighted by Crippen LogP contribution is 2.12. The molecule has 0 aromatic rings. The SMILES string of the molecule is C=N[C@@](O)(C(=O)O)C(O)C(=O)O. The van der Waals surface area contributed by atoms with Gasteiger partial charge < -0.3 is 20.4 Å². The number of rotatable bonds is 4. The van der Waals surface area contributed by atoms with E-state index in [0.29, 0.717) is 0 Å². The number of carboxylic acid groups (broad SMARTS) is 2. The lowest BCUT2D eigenvalue weighted by Crippen LogP contribution is -2.51. The van der Waals surface area contributed by atoms with Crippen molar-refractivity contribution in [2.45, 2.75) is 11.8 Å². The van der Waals surface area contributed by atoms with E-state index in [1.54, 1.807) is 0 Å². The molecule has 12 heavy (non-hydrogen) atoms. The Bertz CT molecular complexity index is 226. The maximum atomic E-state index is 10.2. The third-order valence-corrected chi connectivity index (χ3v) is 1.17. The molecule has 1 unspecified atom stereocenters. The highest BCUT2D eigenvalue weighted by Gasteiger charge is 2.47. The molecular formula is C5H7NO6. The quantitative estimate of drug-likeness (QED) is 0.364. The van der Waals surface area contributed by atoms with Crippen molar-refractivity contribution < 1.29 is 30.0 Å². The zero-order valence-electron chi connectivity index (χ0n) is 5.84. The summed E-state index contributed by atoms with van der Waals surface area (Å²) in [5.41, 5.74) is -3.09. The van der Waals surface area contributed by atoms with Gasteiger partial charge in [-0.3, -0.25) is 4.99 Å². The Morgan fingerprint density at radius 3 is 1.92 bits per heavy atom. The minimum atomic E-state index is -3.09. The molecule has 0 radical (unpaired) electrons. The first-order chi connectivity index (χ1) is 5.36. The van der Waals surface area contributed by atoms with E-state index in [4.69, 9.17) is 20.4 Å². The number of hydrogen-bond acceptors (Lipinski definition) is 5. The molecule has 0 aliphatic carbocycles. The standard InChI is InChI=1S/C5H7NO6/c1-6-5(12,4(10)11)2(7)3(8)9/h2,7,12H,1H2,(H,8,9)(H,10,11)/t2?,5-/m0/s1. The average Bonchev–Trinajstić information content (AvgIpc) is 2.01. The first kappa shape index (κ1) is 10.5. The van der Waals surface area contributed by atoms with Crippen LogP contribution in [0.1, 0.15) is 0 Å². The lowest BCUT2D eigenvalue weighted by Gasteiger charge is -2.20. The molecular weight excluding hydrogens is 170 g/mol. The summed E-state index contributed by atoms with van der Waals surface area (Å²) in [6.45, 7) is 2.65. The van der Waals surface area contributed by atoms with E-state index >= 15 is 0 Å². The number of aliphatic hydroxyl groups excluding tert-OH is 1. The van der Waals surface area contributed by atoms with Crippen LogP contribution in [0.15, 0.2) is 4.99 Å². The van der Waals surface area contributed by atoms with Crippen LogP contribution in [0.25, 0.3) is 0 Å². The summed E-state index contributed by atoms with van der Waals surface area (Å²) < 4.78 is 0. The molecule has 4 N–H and O–H groups in total. The van der Waals surface area contributed by atoms with Crippen molar-refractivity contribution in [3.8, 4) is 0 Å². The van der Waals surface area contributed by atoms with E-state index in [1.807, 2.05) is 0 Å². The maximum Gasteiger partial charge on any atom is 0.362 e. The third kappa shape index (κ3) is 1.57. The Morgan fingerprint density at radius 2 is 1.83 bits per heavy atom. The largest absolute Gasteiger partial charge is 0.479 e. The molecule has 0 aliphatic heterocycles. The van der Waals surface area contributed by atoms with Gasteiger partial charge in [-0.25, -0.2) is 9.59 Å². The minimum absolute atomic E-state index is 1.90. The van der Waals surface area contributed by atoms with Gasteiger partial charge in [-0.1, -0.05) is 0 Å². The fraction of sp³-hybridized carbons (Fsp3) is 0.400. The lowest BCUT2D eigenvalue weighted by atomic mass is 10.1. The zero-order chi connectivity index (χ0) is 9.94. The van der Waals surface area contributed by atoms with Crippen LogP contribution < -0.4 is 0 Å². The van der Waals surface area contributed by atoms with Gasteiger partial charge in [0.05, 0.1) is 0 Å². The number of carbonyl (C=O) groups is 2. The van der Waals surface area contributed by atoms with Crippen molar-refractivity contribution in [1.29, 1.82) is 0 Å². The molecule has 7 nitrogen and oxygen atoms in total. The monoisotopic (exact) mass is 177 g/mol. The molecule has 0 aliphatic rings. The van der Waals surface area contributed by atoms with Crippen molar-refractivity contribution in [1.82, 2.24) is 0 Å². The first-order valence-electron chi connectivity index (χ1n) is 2.70. The Kier molecular flexibility index (Phi) is 2.88. The van der Waals surface area contributed by atoms with E-state index in [1.165, 1.54) is 0 Å². The molecule has 0 fully saturated rings. The summed E-state index contributed by atoms with van der Waals surface area (Å²) in [5.74, 6) is -3.88. The predicted molar refractivity (Wildman–Crippen MR) is 35.8 cm³/mol. The summed E-state index contributed by atoms with van der Waals surface area (Å²) in [6.07, 6.45) is -2.53. The van der Waals surface area contributed by atoms with Crippen molar-refractivity contribution in [3.63, 3.8) is 0 Å². The number of aliphatic carboxylic acids is 2. The Morgan fingerprint density at radius 1 is 1.42 bits per heavy atom. The molecule has 0 bridgehead atoms. The molecule has 0 spiro atoms. The van der Waals surface area contributed by atoms with Crippen LogP contribution in [0.2, 0.25) is 0 Å². The molecule has 0 amide bonds. The average molecular weight is 177 g/mol. The molecule has 2 atom stereocenters. The van der Waals surface area contributed by atoms with Crippen LogP contribution in [0.5, 0.6) is 0 Å². The number of hydrogen-bond donors (Lipinski definition) is 4. The van der Waals surface area contributed by atoms with E-state index in [2.05, 4.69) is 11.7 Å². The van der Waals surface area contributed by atoms with E-state index in [9.17, 15) is 9.59 Å². The number of aliphatic imine (C=N–C) groups is 1. The van der Waals surface area contributed by atoms with E-state index < -0.39 is 23.8 Å². The second-order valence-corrected chi connectivity index (χ2v) is 1.93. The third-order valence-electron chi connectivity index (χ3n) is 1.17. The maximum absolute atomic E-state index is 10.2. The molecule has 0 aromatic carbocycles. The van der Waals surface area contributed by atoms with Crippen LogP contribution in [-0.4, -0.2) is 50.9 Å². The smallest absolute Gasteiger partial charge is 0.362 e. The van der Waals surface area contributed by atoms with Gasteiger partial charge in [-0.05, 0) is 6.72 Å². The summed E-state index contributed by atoms with van der Waals surface area (Å²) >= 11 is 0. The molecule has 0 rings (SSSR count). The lowest BCUT2D eigenvalue weighted by molar-refractivity contribution is -0.181. The van der Waals surface area contributed by atoms with Crippen molar-refractivity contribution in [3.05, 3.63) is 0 Å². The van der Waals surface area contributed by atoms with Crippen molar-refractivity contribution in [2.24, 2.45) is 4.99 Å². The van der Waals surface area contributed by atoms with Crippen molar-refractivity contribution >= 4 is 18.7 Å². The van der Waals surface area contributed by atoms with Crippen LogP contribution in [0, 0.1) is 0 Å². The van der Waals surface area contributed by atoms with Gasteiger partial charge in [0.1, 0.15) is 0 Å². The van der Waals surface area contributed by atoms with Crippen LogP contribution in [-0.2, 0) is 9.59 Å². The zero-order valence-corrected chi connectivity index (χ0v) is 5.84. The first-order valence-corrected chi connectivity index (χ1v) is 2.70. The van der Waals surface area contributed by atoms with Gasteiger partial charge in [0.15, 0.2) is 0 Å². The fourth-order valence-electron chi connectivity index (χ4n) is 0.443.